The molecule has 2 aliphatic heterocycles. The molecule has 0 bridgehead atoms. The maximum absolute atomic E-state index is 5.24. The van der Waals surface area contributed by atoms with Crippen molar-refractivity contribution in [1.29, 1.82) is 0 Å². The van der Waals surface area contributed by atoms with E-state index in [1.807, 2.05) is 0 Å². The first-order valence-corrected chi connectivity index (χ1v) is 5.51. The molecule has 0 unspecified atom stereocenters. The summed E-state index contributed by atoms with van der Waals surface area (Å²) in [5.74, 6) is 0. The minimum atomic E-state index is 0.365. The van der Waals surface area contributed by atoms with E-state index in [1.54, 1.807) is 0 Å². The van der Waals surface area contributed by atoms with Crippen molar-refractivity contribution in [3.63, 3.8) is 0 Å². The van der Waals surface area contributed by atoms with Gasteiger partial charge in [0.25, 0.3) is 0 Å². The molecule has 2 aliphatic rings. The van der Waals surface area contributed by atoms with Gasteiger partial charge in [0.05, 0.1) is 19.3 Å². The molecule has 2 rings (SSSR count). The smallest absolute Gasteiger partial charge is 0.0645 e. The lowest BCUT2D eigenvalue weighted by molar-refractivity contribution is -0.0679. The molecule has 0 aromatic carbocycles. The molecular weight excluding hydrogens is 176 g/mol. The third-order valence-corrected chi connectivity index (χ3v) is 4.03. The zero-order valence-corrected chi connectivity index (χ0v) is 9.79. The monoisotopic (exact) mass is 198 g/mol. The van der Waals surface area contributed by atoms with Gasteiger partial charge in [-0.15, -0.1) is 0 Å². The fourth-order valence-corrected chi connectivity index (χ4v) is 2.39. The first-order chi connectivity index (χ1) is 6.50. The molecule has 0 aromatic heterocycles. The van der Waals surface area contributed by atoms with Crippen LogP contribution in [0.15, 0.2) is 0 Å². The number of ether oxygens (including phenoxy) is 1. The number of rotatable bonds is 2. The number of hydrogen-bond acceptors (Lipinski definition) is 3. The Morgan fingerprint density at radius 2 is 1.93 bits per heavy atom. The highest BCUT2D eigenvalue weighted by Crippen LogP contribution is 2.30. The molecule has 0 N–H and O–H groups in total. The summed E-state index contributed by atoms with van der Waals surface area (Å²) in [4.78, 5) is 4.97. The van der Waals surface area contributed by atoms with Crippen molar-refractivity contribution in [2.24, 2.45) is 0 Å². The highest BCUT2D eigenvalue weighted by atomic mass is 16.5. The Labute approximate surface area is 87.0 Å². The third kappa shape index (κ3) is 1.69. The number of likely N-dealkylation sites (tertiary alicyclic amines) is 1. The summed E-state index contributed by atoms with van der Waals surface area (Å²) in [6.07, 6.45) is 1.27. The second-order valence-corrected chi connectivity index (χ2v) is 5.41. The van der Waals surface area contributed by atoms with Crippen LogP contribution in [0.5, 0.6) is 0 Å². The Bertz CT molecular complexity index is 213. The van der Waals surface area contributed by atoms with Crippen LogP contribution in [0.25, 0.3) is 0 Å². The van der Waals surface area contributed by atoms with Crippen LogP contribution >= 0.6 is 0 Å². The van der Waals surface area contributed by atoms with E-state index in [-0.39, 0.29) is 0 Å². The van der Waals surface area contributed by atoms with Gasteiger partial charge in [-0.2, -0.15) is 0 Å². The van der Waals surface area contributed by atoms with E-state index in [0.717, 1.165) is 13.2 Å². The molecule has 0 amide bonds. The zero-order chi connectivity index (χ0) is 10.3. The van der Waals surface area contributed by atoms with Gasteiger partial charge < -0.3 is 4.74 Å². The van der Waals surface area contributed by atoms with Crippen LogP contribution in [-0.2, 0) is 4.74 Å². The standard InChI is InChI=1S/C11H22N2O/c1-11(2)5-9(6-12(11)3)13(4)10-7-14-8-10/h9-10H,5-8H2,1-4H3/t9-/m0/s1. The Hall–Kier alpha value is -0.120. The van der Waals surface area contributed by atoms with Crippen molar-refractivity contribution in [3.8, 4) is 0 Å². The minimum absolute atomic E-state index is 0.365. The molecule has 0 radical (unpaired) electrons. The topological polar surface area (TPSA) is 15.7 Å². The van der Waals surface area contributed by atoms with E-state index in [1.165, 1.54) is 13.0 Å². The highest BCUT2D eigenvalue weighted by Gasteiger charge is 2.40. The van der Waals surface area contributed by atoms with Gasteiger partial charge in [0.15, 0.2) is 0 Å². The lowest BCUT2D eigenvalue weighted by Crippen LogP contribution is -2.51. The van der Waals surface area contributed by atoms with Crippen molar-refractivity contribution in [3.05, 3.63) is 0 Å². The second-order valence-electron chi connectivity index (χ2n) is 5.41. The second kappa shape index (κ2) is 3.47. The predicted octanol–water partition coefficient (Wildman–Crippen LogP) is 0.800. The summed E-state index contributed by atoms with van der Waals surface area (Å²) in [6, 6.07) is 1.38. The van der Waals surface area contributed by atoms with E-state index < -0.39 is 0 Å². The molecule has 0 saturated carbocycles. The molecule has 0 aromatic rings. The van der Waals surface area contributed by atoms with Crippen molar-refractivity contribution < 1.29 is 4.74 Å². The SMILES string of the molecule is CN(C1COC1)[C@@H]1CN(C)C(C)(C)C1. The summed E-state index contributed by atoms with van der Waals surface area (Å²) < 4.78 is 5.24. The maximum Gasteiger partial charge on any atom is 0.0645 e. The maximum atomic E-state index is 5.24. The van der Waals surface area contributed by atoms with E-state index in [9.17, 15) is 0 Å². The summed E-state index contributed by atoms with van der Waals surface area (Å²) in [6.45, 7) is 7.71. The van der Waals surface area contributed by atoms with Crippen LogP contribution in [0.1, 0.15) is 20.3 Å². The Kier molecular flexibility index (Phi) is 2.58. The van der Waals surface area contributed by atoms with Gasteiger partial charge in [0.1, 0.15) is 0 Å². The lowest BCUT2D eigenvalue weighted by atomic mass is 9.99. The highest BCUT2D eigenvalue weighted by molar-refractivity contribution is 4.96. The third-order valence-electron chi connectivity index (χ3n) is 4.03. The normalized spacial score (nSPS) is 33.6. The number of likely N-dealkylation sites (N-methyl/N-ethyl adjacent to an activating group) is 2. The first-order valence-electron chi connectivity index (χ1n) is 5.51. The van der Waals surface area contributed by atoms with E-state index in [4.69, 9.17) is 4.74 Å². The van der Waals surface area contributed by atoms with Crippen LogP contribution in [0.4, 0.5) is 0 Å². The molecular formula is C11H22N2O. The molecule has 2 saturated heterocycles. The summed E-state index contributed by atoms with van der Waals surface area (Å²) >= 11 is 0. The van der Waals surface area contributed by atoms with Gasteiger partial charge in [0.2, 0.25) is 0 Å². The van der Waals surface area contributed by atoms with Gasteiger partial charge in [0, 0.05) is 18.1 Å². The fraction of sp³-hybridized carbons (Fsp3) is 1.00. The summed E-state index contributed by atoms with van der Waals surface area (Å²) in [7, 11) is 4.47. The Balaban J connectivity index is 1.93. The lowest BCUT2D eigenvalue weighted by Gasteiger charge is -2.38. The van der Waals surface area contributed by atoms with Crippen LogP contribution < -0.4 is 0 Å². The van der Waals surface area contributed by atoms with Crippen molar-refractivity contribution in [2.45, 2.75) is 37.9 Å². The summed E-state index contributed by atoms with van der Waals surface area (Å²) in [5, 5.41) is 0. The van der Waals surface area contributed by atoms with Gasteiger partial charge in [-0.25, -0.2) is 0 Å². The number of hydrogen-bond donors (Lipinski definition) is 0. The molecule has 3 nitrogen and oxygen atoms in total. The van der Waals surface area contributed by atoms with E-state index in [0.29, 0.717) is 17.6 Å². The number of nitrogens with zero attached hydrogens (tertiary/aromatic N) is 2. The molecule has 0 aliphatic carbocycles. The van der Waals surface area contributed by atoms with Gasteiger partial charge in [-0.05, 0) is 34.4 Å². The predicted molar refractivity (Wildman–Crippen MR) is 57.5 cm³/mol. The van der Waals surface area contributed by atoms with Crippen molar-refractivity contribution in [2.75, 3.05) is 33.9 Å². The van der Waals surface area contributed by atoms with E-state index in [2.05, 4.69) is 37.7 Å². The van der Waals surface area contributed by atoms with Gasteiger partial charge in [-0.1, -0.05) is 0 Å². The van der Waals surface area contributed by atoms with Crippen LogP contribution in [0.3, 0.4) is 0 Å². The first kappa shape index (κ1) is 10.4. The molecule has 2 heterocycles. The fourth-order valence-electron chi connectivity index (χ4n) is 2.39. The van der Waals surface area contributed by atoms with Crippen LogP contribution in [-0.4, -0.2) is 61.3 Å². The zero-order valence-electron chi connectivity index (χ0n) is 9.79. The van der Waals surface area contributed by atoms with Crippen molar-refractivity contribution >= 4 is 0 Å². The van der Waals surface area contributed by atoms with Crippen LogP contribution in [0, 0.1) is 0 Å². The van der Waals surface area contributed by atoms with Crippen LogP contribution in [0.2, 0.25) is 0 Å². The largest absolute Gasteiger partial charge is 0.378 e. The van der Waals surface area contributed by atoms with Crippen molar-refractivity contribution in [1.82, 2.24) is 9.80 Å². The Morgan fingerprint density at radius 1 is 1.29 bits per heavy atom. The molecule has 2 fully saturated rings. The summed E-state index contributed by atoms with van der Waals surface area (Å²) in [5.41, 5.74) is 0.365. The quantitative estimate of drug-likeness (QED) is 0.653. The van der Waals surface area contributed by atoms with Gasteiger partial charge in [-0.3, -0.25) is 9.80 Å². The van der Waals surface area contributed by atoms with E-state index >= 15 is 0 Å². The average Bonchev–Trinajstić information content (AvgIpc) is 2.23. The molecule has 3 heteroatoms. The molecule has 14 heavy (non-hydrogen) atoms. The molecule has 82 valence electrons. The Morgan fingerprint density at radius 3 is 2.29 bits per heavy atom. The minimum Gasteiger partial charge on any atom is -0.378 e. The molecule has 1 atom stereocenters. The van der Waals surface area contributed by atoms with Gasteiger partial charge >= 0.3 is 0 Å². The average molecular weight is 198 g/mol. The molecule has 0 spiro atoms.